The summed E-state index contributed by atoms with van der Waals surface area (Å²) >= 11 is 0. The van der Waals surface area contributed by atoms with Gasteiger partial charge in [-0.15, -0.1) is 6.58 Å². The standard InChI is InChI=1S/C29H32FNO3/c1-4-17-33-28-27(32-18-16-21-8-6-5-7-9-21)25-19-24(14-15-26(25)34-29(28,2)3)31-20-22-10-12-23(30)13-11-22/h4-15,19,27-28,31H,1,16-18,20H2,2-3H3. The SMILES string of the molecule is C=CCOC1C(OCCc2ccccc2)c2cc(NCc3ccc(F)cc3)ccc2OC1(C)C. The molecular formula is C29H32FNO3. The van der Waals surface area contributed by atoms with E-state index in [1.807, 2.05) is 44.2 Å². The van der Waals surface area contributed by atoms with E-state index < -0.39 is 5.60 Å². The van der Waals surface area contributed by atoms with Gasteiger partial charge in [-0.25, -0.2) is 4.39 Å². The van der Waals surface area contributed by atoms with Crippen molar-refractivity contribution in [1.82, 2.24) is 0 Å². The molecule has 0 amide bonds. The molecule has 178 valence electrons. The minimum absolute atomic E-state index is 0.238. The number of hydrogen-bond donors (Lipinski definition) is 1. The zero-order valence-corrected chi connectivity index (χ0v) is 19.8. The number of nitrogens with one attached hydrogen (secondary N) is 1. The molecule has 0 radical (unpaired) electrons. The van der Waals surface area contributed by atoms with Crippen LogP contribution in [0.5, 0.6) is 5.75 Å². The zero-order chi connectivity index (χ0) is 24.0. The summed E-state index contributed by atoms with van der Waals surface area (Å²) in [5.74, 6) is 0.554. The van der Waals surface area contributed by atoms with E-state index in [0.29, 0.717) is 19.8 Å². The van der Waals surface area contributed by atoms with Gasteiger partial charge in [0.05, 0.1) is 13.2 Å². The van der Waals surface area contributed by atoms with E-state index in [1.54, 1.807) is 18.2 Å². The van der Waals surface area contributed by atoms with E-state index in [0.717, 1.165) is 29.0 Å². The molecule has 0 saturated heterocycles. The lowest BCUT2D eigenvalue weighted by Crippen LogP contribution is -2.51. The third-order valence-corrected chi connectivity index (χ3v) is 5.98. The molecule has 5 heteroatoms. The summed E-state index contributed by atoms with van der Waals surface area (Å²) in [6.07, 6.45) is 1.95. The minimum Gasteiger partial charge on any atom is -0.485 e. The van der Waals surface area contributed by atoms with Crippen LogP contribution in [-0.2, 0) is 22.4 Å². The summed E-state index contributed by atoms with van der Waals surface area (Å²) in [5.41, 5.74) is 3.54. The Labute approximate surface area is 201 Å². The Balaban J connectivity index is 1.55. The highest BCUT2D eigenvalue weighted by Gasteiger charge is 2.45. The van der Waals surface area contributed by atoms with Crippen molar-refractivity contribution in [2.45, 2.75) is 44.6 Å². The van der Waals surface area contributed by atoms with Crippen LogP contribution in [0.4, 0.5) is 10.1 Å². The van der Waals surface area contributed by atoms with Crippen molar-refractivity contribution in [2.75, 3.05) is 18.5 Å². The maximum absolute atomic E-state index is 13.2. The molecule has 4 nitrogen and oxygen atoms in total. The van der Waals surface area contributed by atoms with Gasteiger partial charge >= 0.3 is 0 Å². The number of benzene rings is 3. The molecule has 0 saturated carbocycles. The summed E-state index contributed by atoms with van der Waals surface area (Å²) in [7, 11) is 0. The Bertz CT molecular complexity index is 1080. The maximum Gasteiger partial charge on any atom is 0.132 e. The Kier molecular flexibility index (Phi) is 7.66. The zero-order valence-electron chi connectivity index (χ0n) is 19.8. The van der Waals surface area contributed by atoms with Crippen molar-refractivity contribution in [3.63, 3.8) is 0 Å². The molecule has 0 bridgehead atoms. The predicted molar refractivity (Wildman–Crippen MR) is 134 cm³/mol. The number of fused-ring (bicyclic) bond motifs is 1. The van der Waals surface area contributed by atoms with Crippen molar-refractivity contribution in [3.8, 4) is 5.75 Å². The third kappa shape index (κ3) is 5.85. The number of anilines is 1. The summed E-state index contributed by atoms with van der Waals surface area (Å²) < 4.78 is 32.2. The minimum atomic E-state index is -0.573. The quantitative estimate of drug-likeness (QED) is 0.351. The maximum atomic E-state index is 13.2. The molecule has 1 heterocycles. The first-order chi connectivity index (χ1) is 16.5. The van der Waals surface area contributed by atoms with Gasteiger partial charge in [0.2, 0.25) is 0 Å². The van der Waals surface area contributed by atoms with E-state index in [-0.39, 0.29) is 18.0 Å². The van der Waals surface area contributed by atoms with Gasteiger partial charge in [0.15, 0.2) is 0 Å². The monoisotopic (exact) mass is 461 g/mol. The molecule has 2 atom stereocenters. The van der Waals surface area contributed by atoms with Gasteiger partial charge in [0.1, 0.15) is 29.4 Å². The molecule has 0 aromatic heterocycles. The smallest absolute Gasteiger partial charge is 0.132 e. The van der Waals surface area contributed by atoms with Gasteiger partial charge in [-0.05, 0) is 61.7 Å². The van der Waals surface area contributed by atoms with Crippen LogP contribution in [0.1, 0.15) is 36.6 Å². The number of hydrogen-bond acceptors (Lipinski definition) is 4. The fourth-order valence-corrected chi connectivity index (χ4v) is 4.23. The van der Waals surface area contributed by atoms with Crippen LogP contribution < -0.4 is 10.1 Å². The second-order valence-electron chi connectivity index (χ2n) is 9.01. The average molecular weight is 462 g/mol. The molecule has 3 aromatic rings. The molecule has 1 aliphatic heterocycles. The van der Waals surface area contributed by atoms with Crippen LogP contribution in [0.15, 0.2) is 85.5 Å². The molecule has 2 unspecified atom stereocenters. The molecule has 0 spiro atoms. The topological polar surface area (TPSA) is 39.7 Å². The van der Waals surface area contributed by atoms with Gasteiger partial charge in [0.25, 0.3) is 0 Å². The summed E-state index contributed by atoms with van der Waals surface area (Å²) in [6.45, 7) is 9.40. The normalized spacial score (nSPS) is 18.6. The Hall–Kier alpha value is -3.15. The first-order valence-corrected chi connectivity index (χ1v) is 11.7. The fraction of sp³-hybridized carbons (Fsp3) is 0.310. The van der Waals surface area contributed by atoms with E-state index in [2.05, 4.69) is 30.1 Å². The largest absolute Gasteiger partial charge is 0.485 e. The van der Waals surface area contributed by atoms with Gasteiger partial charge in [-0.2, -0.15) is 0 Å². The second kappa shape index (κ2) is 10.9. The van der Waals surface area contributed by atoms with Crippen molar-refractivity contribution in [1.29, 1.82) is 0 Å². The highest BCUT2D eigenvalue weighted by molar-refractivity contribution is 5.54. The summed E-state index contributed by atoms with van der Waals surface area (Å²) in [5, 5.41) is 3.42. The molecule has 1 aliphatic rings. The average Bonchev–Trinajstić information content (AvgIpc) is 2.83. The summed E-state index contributed by atoms with van der Waals surface area (Å²) in [6, 6.07) is 22.8. The van der Waals surface area contributed by atoms with Gasteiger partial charge in [0, 0.05) is 17.8 Å². The van der Waals surface area contributed by atoms with Crippen LogP contribution in [0.25, 0.3) is 0 Å². The highest BCUT2D eigenvalue weighted by atomic mass is 19.1. The predicted octanol–water partition coefficient (Wildman–Crippen LogP) is 6.48. The molecule has 4 rings (SSSR count). The van der Waals surface area contributed by atoms with E-state index >= 15 is 0 Å². The lowest BCUT2D eigenvalue weighted by Gasteiger charge is -2.44. The van der Waals surface area contributed by atoms with Crippen molar-refractivity contribution in [3.05, 3.63) is 108 Å². The fourth-order valence-electron chi connectivity index (χ4n) is 4.23. The van der Waals surface area contributed by atoms with Crippen molar-refractivity contribution >= 4 is 5.69 Å². The van der Waals surface area contributed by atoms with Crippen LogP contribution in [0.2, 0.25) is 0 Å². The van der Waals surface area contributed by atoms with E-state index in [1.165, 1.54) is 17.7 Å². The number of rotatable bonds is 10. The Morgan fingerprint density at radius 3 is 2.50 bits per heavy atom. The van der Waals surface area contributed by atoms with Gasteiger partial charge in [-0.1, -0.05) is 48.5 Å². The lowest BCUT2D eigenvalue weighted by atomic mass is 9.87. The van der Waals surface area contributed by atoms with E-state index in [4.69, 9.17) is 14.2 Å². The molecule has 0 aliphatic carbocycles. The molecule has 1 N–H and O–H groups in total. The second-order valence-corrected chi connectivity index (χ2v) is 9.01. The molecule has 0 fully saturated rings. The number of ether oxygens (including phenoxy) is 3. The van der Waals surface area contributed by atoms with Crippen LogP contribution in [0.3, 0.4) is 0 Å². The van der Waals surface area contributed by atoms with E-state index in [9.17, 15) is 4.39 Å². The van der Waals surface area contributed by atoms with Gasteiger partial charge < -0.3 is 19.5 Å². The van der Waals surface area contributed by atoms with Crippen LogP contribution >= 0.6 is 0 Å². The van der Waals surface area contributed by atoms with Crippen molar-refractivity contribution < 1.29 is 18.6 Å². The summed E-state index contributed by atoms with van der Waals surface area (Å²) in [4.78, 5) is 0. The first-order valence-electron chi connectivity index (χ1n) is 11.7. The highest BCUT2D eigenvalue weighted by Crippen LogP contribution is 2.44. The molecule has 34 heavy (non-hydrogen) atoms. The number of halogens is 1. The van der Waals surface area contributed by atoms with Crippen LogP contribution in [0, 0.1) is 5.82 Å². The Morgan fingerprint density at radius 1 is 1.00 bits per heavy atom. The van der Waals surface area contributed by atoms with Crippen molar-refractivity contribution in [2.24, 2.45) is 0 Å². The molecular weight excluding hydrogens is 429 g/mol. The lowest BCUT2D eigenvalue weighted by molar-refractivity contribution is -0.156. The Morgan fingerprint density at radius 2 is 1.76 bits per heavy atom. The molecule has 3 aromatic carbocycles. The third-order valence-electron chi connectivity index (χ3n) is 5.98. The first kappa shape index (κ1) is 24.0. The van der Waals surface area contributed by atoms with Gasteiger partial charge in [-0.3, -0.25) is 0 Å². The van der Waals surface area contributed by atoms with Crippen LogP contribution in [-0.4, -0.2) is 24.9 Å².